The van der Waals surface area contributed by atoms with Crippen LogP contribution >= 0.6 is 0 Å². The minimum atomic E-state index is -0.0464. The maximum absolute atomic E-state index is 5.68. The summed E-state index contributed by atoms with van der Waals surface area (Å²) >= 11 is 0. The predicted octanol–water partition coefficient (Wildman–Crippen LogP) is 1.96. The fourth-order valence-corrected chi connectivity index (χ4v) is 1.72. The van der Waals surface area contributed by atoms with Gasteiger partial charge in [0.05, 0.1) is 24.9 Å². The first kappa shape index (κ1) is 12.9. The predicted molar refractivity (Wildman–Crippen MR) is 62.1 cm³/mol. The smallest absolute Gasteiger partial charge is 0.0707 e. The van der Waals surface area contributed by atoms with E-state index in [4.69, 9.17) is 9.47 Å². The Balaban J connectivity index is 1.91. The van der Waals surface area contributed by atoms with Gasteiger partial charge in [0, 0.05) is 6.04 Å². The monoisotopic (exact) mass is 215 g/mol. The van der Waals surface area contributed by atoms with Crippen molar-refractivity contribution in [3.63, 3.8) is 0 Å². The number of hydrogen-bond donors (Lipinski definition) is 1. The molecule has 0 atom stereocenters. The van der Waals surface area contributed by atoms with E-state index in [9.17, 15) is 0 Å². The Bertz CT molecular complexity index is 171. The molecule has 0 radical (unpaired) electrons. The molecule has 0 aromatic carbocycles. The summed E-state index contributed by atoms with van der Waals surface area (Å²) in [5.74, 6) is 0. The van der Waals surface area contributed by atoms with Gasteiger partial charge in [-0.05, 0) is 40.2 Å². The number of hydrogen-bond acceptors (Lipinski definition) is 3. The van der Waals surface area contributed by atoms with E-state index in [-0.39, 0.29) is 5.60 Å². The van der Waals surface area contributed by atoms with E-state index < -0.39 is 0 Å². The summed E-state index contributed by atoms with van der Waals surface area (Å²) in [5, 5.41) is 3.42. The number of ether oxygens (including phenoxy) is 2. The first-order valence-electron chi connectivity index (χ1n) is 6.00. The molecule has 1 N–H and O–H groups in total. The highest BCUT2D eigenvalue weighted by Crippen LogP contribution is 2.23. The Morgan fingerprint density at radius 1 is 1.20 bits per heavy atom. The van der Waals surface area contributed by atoms with Crippen LogP contribution in [-0.2, 0) is 9.47 Å². The molecular weight excluding hydrogens is 190 g/mol. The quantitative estimate of drug-likeness (QED) is 0.687. The summed E-state index contributed by atoms with van der Waals surface area (Å²) < 4.78 is 11.3. The first-order valence-corrected chi connectivity index (χ1v) is 6.00. The second-order valence-electron chi connectivity index (χ2n) is 5.18. The van der Waals surface area contributed by atoms with E-state index >= 15 is 0 Å². The summed E-state index contributed by atoms with van der Waals surface area (Å²) in [5.41, 5.74) is -0.0464. The van der Waals surface area contributed by atoms with Gasteiger partial charge < -0.3 is 14.8 Å². The third-order valence-electron chi connectivity index (χ3n) is 2.56. The van der Waals surface area contributed by atoms with Crippen LogP contribution in [-0.4, -0.2) is 37.5 Å². The highest BCUT2D eigenvalue weighted by molar-refractivity contribution is 4.85. The summed E-state index contributed by atoms with van der Waals surface area (Å²) in [6.45, 7) is 10.8. The van der Waals surface area contributed by atoms with Gasteiger partial charge in [0.25, 0.3) is 0 Å². The zero-order valence-corrected chi connectivity index (χ0v) is 10.5. The van der Waals surface area contributed by atoms with Gasteiger partial charge in [-0.15, -0.1) is 0 Å². The number of rotatable bonds is 6. The Morgan fingerprint density at radius 3 is 2.40 bits per heavy atom. The highest BCUT2D eigenvalue weighted by atomic mass is 16.5. The topological polar surface area (TPSA) is 30.5 Å². The van der Waals surface area contributed by atoms with Crippen molar-refractivity contribution in [1.29, 1.82) is 0 Å². The van der Waals surface area contributed by atoms with Crippen LogP contribution in [0.4, 0.5) is 0 Å². The van der Waals surface area contributed by atoms with Crippen molar-refractivity contribution in [3.05, 3.63) is 0 Å². The zero-order chi connectivity index (χ0) is 11.3. The van der Waals surface area contributed by atoms with Crippen LogP contribution in [0.3, 0.4) is 0 Å². The molecule has 15 heavy (non-hydrogen) atoms. The lowest BCUT2D eigenvalue weighted by molar-refractivity contribution is -0.0736. The molecule has 1 aliphatic rings. The van der Waals surface area contributed by atoms with Gasteiger partial charge in [0.2, 0.25) is 0 Å². The fraction of sp³-hybridized carbons (Fsp3) is 1.00. The molecule has 1 fully saturated rings. The lowest BCUT2D eigenvalue weighted by atomic mass is 9.89. The third kappa shape index (κ3) is 5.50. The van der Waals surface area contributed by atoms with Crippen LogP contribution in [0.15, 0.2) is 0 Å². The molecular formula is C12H25NO2. The Labute approximate surface area is 93.5 Å². The molecule has 0 unspecified atom stereocenters. The van der Waals surface area contributed by atoms with Gasteiger partial charge in [-0.25, -0.2) is 0 Å². The molecule has 0 heterocycles. The molecule has 1 saturated carbocycles. The standard InChI is InChI=1S/C12H25NO2/c1-5-13-10-8-11(9-10)14-6-7-15-12(2,3)4/h10-11,13H,5-9H2,1-4H3. The van der Waals surface area contributed by atoms with Gasteiger partial charge in [-0.2, -0.15) is 0 Å². The molecule has 0 aromatic heterocycles. The summed E-state index contributed by atoms with van der Waals surface area (Å²) in [6.07, 6.45) is 2.77. The van der Waals surface area contributed by atoms with Crippen LogP contribution in [0.2, 0.25) is 0 Å². The molecule has 0 saturated heterocycles. The van der Waals surface area contributed by atoms with Gasteiger partial charge in [0.15, 0.2) is 0 Å². The van der Waals surface area contributed by atoms with Crippen molar-refractivity contribution >= 4 is 0 Å². The Morgan fingerprint density at radius 2 is 1.87 bits per heavy atom. The van der Waals surface area contributed by atoms with Crippen LogP contribution < -0.4 is 5.32 Å². The van der Waals surface area contributed by atoms with Crippen molar-refractivity contribution in [2.45, 2.75) is 58.3 Å². The van der Waals surface area contributed by atoms with E-state index in [0.29, 0.717) is 18.8 Å². The van der Waals surface area contributed by atoms with Crippen molar-refractivity contribution in [2.75, 3.05) is 19.8 Å². The Kier molecular flexibility index (Phi) is 5.03. The van der Waals surface area contributed by atoms with Crippen molar-refractivity contribution < 1.29 is 9.47 Å². The molecule has 0 aliphatic heterocycles. The molecule has 1 rings (SSSR count). The molecule has 3 heteroatoms. The van der Waals surface area contributed by atoms with Crippen LogP contribution in [0.5, 0.6) is 0 Å². The SMILES string of the molecule is CCNC1CC(OCCOC(C)(C)C)C1. The minimum absolute atomic E-state index is 0.0464. The fourth-order valence-electron chi connectivity index (χ4n) is 1.72. The van der Waals surface area contributed by atoms with E-state index in [1.807, 2.05) is 0 Å². The van der Waals surface area contributed by atoms with Crippen LogP contribution in [0.1, 0.15) is 40.5 Å². The summed E-state index contributed by atoms with van der Waals surface area (Å²) in [7, 11) is 0. The molecule has 0 spiro atoms. The molecule has 1 aliphatic carbocycles. The van der Waals surface area contributed by atoms with Crippen LogP contribution in [0.25, 0.3) is 0 Å². The van der Waals surface area contributed by atoms with Gasteiger partial charge in [-0.1, -0.05) is 6.92 Å². The van der Waals surface area contributed by atoms with E-state index in [2.05, 4.69) is 33.0 Å². The Hall–Kier alpha value is -0.120. The van der Waals surface area contributed by atoms with E-state index in [1.165, 1.54) is 0 Å². The lowest BCUT2D eigenvalue weighted by Gasteiger charge is -2.35. The lowest BCUT2D eigenvalue weighted by Crippen LogP contribution is -2.45. The van der Waals surface area contributed by atoms with Gasteiger partial charge in [0.1, 0.15) is 0 Å². The van der Waals surface area contributed by atoms with Crippen LogP contribution in [0, 0.1) is 0 Å². The normalized spacial score (nSPS) is 26.4. The second-order valence-corrected chi connectivity index (χ2v) is 5.18. The maximum atomic E-state index is 5.68. The maximum Gasteiger partial charge on any atom is 0.0707 e. The third-order valence-corrected chi connectivity index (χ3v) is 2.56. The molecule has 90 valence electrons. The average Bonchev–Trinajstić information content (AvgIpc) is 2.05. The second kappa shape index (κ2) is 5.83. The van der Waals surface area contributed by atoms with Crippen molar-refractivity contribution in [1.82, 2.24) is 5.32 Å². The molecule has 0 bridgehead atoms. The molecule has 0 aromatic rings. The van der Waals surface area contributed by atoms with Gasteiger partial charge in [-0.3, -0.25) is 0 Å². The first-order chi connectivity index (χ1) is 7.01. The summed E-state index contributed by atoms with van der Waals surface area (Å²) in [6, 6.07) is 0.684. The molecule has 0 amide bonds. The average molecular weight is 215 g/mol. The van der Waals surface area contributed by atoms with E-state index in [0.717, 1.165) is 26.0 Å². The largest absolute Gasteiger partial charge is 0.376 e. The zero-order valence-electron chi connectivity index (χ0n) is 10.5. The number of nitrogens with one attached hydrogen (secondary N) is 1. The van der Waals surface area contributed by atoms with Crippen molar-refractivity contribution in [2.24, 2.45) is 0 Å². The van der Waals surface area contributed by atoms with Gasteiger partial charge >= 0.3 is 0 Å². The highest BCUT2D eigenvalue weighted by Gasteiger charge is 2.28. The summed E-state index contributed by atoms with van der Waals surface area (Å²) in [4.78, 5) is 0. The molecule has 3 nitrogen and oxygen atoms in total. The van der Waals surface area contributed by atoms with Crippen molar-refractivity contribution in [3.8, 4) is 0 Å². The van der Waals surface area contributed by atoms with E-state index in [1.54, 1.807) is 0 Å². The minimum Gasteiger partial charge on any atom is -0.376 e.